The van der Waals surface area contributed by atoms with Crippen LogP contribution in [0.1, 0.15) is 19.4 Å². The van der Waals surface area contributed by atoms with Gasteiger partial charge in [0, 0.05) is 6.61 Å². The zero-order valence-corrected chi connectivity index (χ0v) is 10.5. The van der Waals surface area contributed by atoms with Crippen LogP contribution in [0.3, 0.4) is 0 Å². The fourth-order valence-electron chi connectivity index (χ4n) is 1.48. The molecule has 1 rings (SSSR count). The van der Waals surface area contributed by atoms with Gasteiger partial charge in [-0.25, -0.2) is 0 Å². The summed E-state index contributed by atoms with van der Waals surface area (Å²) in [6.45, 7) is 4.43. The lowest BCUT2D eigenvalue weighted by Gasteiger charge is -2.18. The van der Waals surface area contributed by atoms with Gasteiger partial charge in [-0.3, -0.25) is 0 Å². The second-order valence-corrected chi connectivity index (χ2v) is 4.95. The quantitative estimate of drug-likeness (QED) is 0.857. The minimum Gasteiger partial charge on any atom is -0.396 e. The van der Waals surface area contributed by atoms with Crippen molar-refractivity contribution < 1.29 is 5.11 Å². The predicted molar refractivity (Wildman–Crippen MR) is 65.6 cm³/mol. The monoisotopic (exact) mass is 246 g/mol. The molecule has 0 radical (unpaired) electrons. The van der Waals surface area contributed by atoms with Gasteiger partial charge < -0.3 is 5.11 Å². The fraction of sp³-hybridized carbons (Fsp3) is 0.500. The number of rotatable bonds is 4. The standard InChI is InChI=1S/C12H16Cl2O/c1-8(2)10(7-15)5-9-3-4-11(13)12(14)6-9/h3-4,6,8,10,15H,5,7H2,1-2H3. The molecule has 0 saturated carbocycles. The second-order valence-electron chi connectivity index (χ2n) is 4.14. The van der Waals surface area contributed by atoms with Crippen molar-refractivity contribution in [1.29, 1.82) is 0 Å². The van der Waals surface area contributed by atoms with E-state index < -0.39 is 0 Å². The van der Waals surface area contributed by atoms with E-state index in [-0.39, 0.29) is 12.5 Å². The smallest absolute Gasteiger partial charge is 0.0595 e. The molecule has 1 N–H and O–H groups in total. The van der Waals surface area contributed by atoms with Gasteiger partial charge in [0.2, 0.25) is 0 Å². The van der Waals surface area contributed by atoms with Gasteiger partial charge in [0.25, 0.3) is 0 Å². The van der Waals surface area contributed by atoms with E-state index in [2.05, 4.69) is 13.8 Å². The van der Waals surface area contributed by atoms with Crippen LogP contribution in [-0.4, -0.2) is 11.7 Å². The first-order valence-corrected chi connectivity index (χ1v) is 5.85. The van der Waals surface area contributed by atoms with Crippen LogP contribution < -0.4 is 0 Å². The average Bonchev–Trinajstić information content (AvgIpc) is 2.19. The highest BCUT2D eigenvalue weighted by molar-refractivity contribution is 6.42. The third kappa shape index (κ3) is 3.67. The topological polar surface area (TPSA) is 20.2 Å². The minimum absolute atomic E-state index is 0.206. The molecule has 1 aromatic carbocycles. The molecule has 0 aliphatic rings. The number of halogens is 2. The highest BCUT2D eigenvalue weighted by Gasteiger charge is 2.13. The molecule has 0 aliphatic carbocycles. The molecule has 1 nitrogen and oxygen atoms in total. The molecule has 0 saturated heterocycles. The summed E-state index contributed by atoms with van der Waals surface area (Å²) in [6.07, 6.45) is 0.838. The highest BCUT2D eigenvalue weighted by Crippen LogP contribution is 2.25. The van der Waals surface area contributed by atoms with Crippen molar-refractivity contribution in [3.8, 4) is 0 Å². The Bertz CT molecular complexity index is 323. The Labute approximate surface area is 101 Å². The molecule has 0 fully saturated rings. The third-order valence-corrected chi connectivity index (χ3v) is 3.40. The van der Waals surface area contributed by atoms with E-state index in [0.29, 0.717) is 16.0 Å². The molecule has 1 aromatic rings. The minimum atomic E-state index is 0.206. The summed E-state index contributed by atoms with van der Waals surface area (Å²) >= 11 is 11.8. The number of aliphatic hydroxyl groups is 1. The van der Waals surface area contributed by atoms with Crippen molar-refractivity contribution in [2.75, 3.05) is 6.61 Å². The summed E-state index contributed by atoms with van der Waals surface area (Å²) in [7, 11) is 0. The lowest BCUT2D eigenvalue weighted by Crippen LogP contribution is -2.16. The van der Waals surface area contributed by atoms with Crippen molar-refractivity contribution in [3.63, 3.8) is 0 Å². The number of aliphatic hydroxyl groups excluding tert-OH is 1. The van der Waals surface area contributed by atoms with Crippen LogP contribution in [0, 0.1) is 11.8 Å². The largest absolute Gasteiger partial charge is 0.396 e. The summed E-state index contributed by atoms with van der Waals surface area (Å²) in [4.78, 5) is 0. The molecule has 0 aromatic heterocycles. The van der Waals surface area contributed by atoms with Crippen LogP contribution in [0.25, 0.3) is 0 Å². The second kappa shape index (κ2) is 5.74. The van der Waals surface area contributed by atoms with E-state index in [1.54, 1.807) is 6.07 Å². The molecular formula is C12H16Cl2O. The summed E-state index contributed by atoms with van der Waals surface area (Å²) in [5.41, 5.74) is 1.12. The lowest BCUT2D eigenvalue weighted by molar-refractivity contribution is 0.189. The normalized spacial score (nSPS) is 13.2. The first-order valence-electron chi connectivity index (χ1n) is 5.09. The Hall–Kier alpha value is -0.240. The zero-order chi connectivity index (χ0) is 11.4. The maximum absolute atomic E-state index is 9.22. The van der Waals surface area contributed by atoms with Crippen molar-refractivity contribution in [2.24, 2.45) is 11.8 Å². The van der Waals surface area contributed by atoms with Gasteiger partial charge in [-0.2, -0.15) is 0 Å². The summed E-state index contributed by atoms with van der Waals surface area (Å²) in [5, 5.41) is 10.4. The van der Waals surface area contributed by atoms with E-state index in [9.17, 15) is 5.11 Å². The van der Waals surface area contributed by atoms with Crippen molar-refractivity contribution in [2.45, 2.75) is 20.3 Å². The van der Waals surface area contributed by atoms with Crippen molar-refractivity contribution >= 4 is 23.2 Å². The van der Waals surface area contributed by atoms with Crippen molar-refractivity contribution in [1.82, 2.24) is 0 Å². The maximum atomic E-state index is 9.22. The Kier molecular flexibility index (Phi) is 4.91. The van der Waals surface area contributed by atoms with Crippen LogP contribution in [0.2, 0.25) is 10.0 Å². The molecule has 1 atom stereocenters. The van der Waals surface area contributed by atoms with Gasteiger partial charge in [0.05, 0.1) is 10.0 Å². The molecule has 0 spiro atoms. The SMILES string of the molecule is CC(C)C(CO)Cc1ccc(Cl)c(Cl)c1. The van der Waals surface area contributed by atoms with Gasteiger partial charge in [0.15, 0.2) is 0 Å². The van der Waals surface area contributed by atoms with Gasteiger partial charge in [0.1, 0.15) is 0 Å². The average molecular weight is 247 g/mol. The van der Waals surface area contributed by atoms with Gasteiger partial charge in [-0.15, -0.1) is 0 Å². The van der Waals surface area contributed by atoms with Gasteiger partial charge >= 0.3 is 0 Å². The summed E-state index contributed by atoms with van der Waals surface area (Å²) < 4.78 is 0. The number of hydrogen-bond donors (Lipinski definition) is 1. The molecule has 0 heterocycles. The fourth-order valence-corrected chi connectivity index (χ4v) is 1.80. The Morgan fingerprint density at radius 1 is 1.20 bits per heavy atom. The van der Waals surface area contributed by atoms with Gasteiger partial charge in [-0.05, 0) is 36.0 Å². The molecule has 0 aliphatic heterocycles. The van der Waals surface area contributed by atoms with Crippen LogP contribution >= 0.6 is 23.2 Å². The van der Waals surface area contributed by atoms with E-state index >= 15 is 0 Å². The maximum Gasteiger partial charge on any atom is 0.0595 e. The number of benzene rings is 1. The van der Waals surface area contributed by atoms with E-state index in [4.69, 9.17) is 23.2 Å². The van der Waals surface area contributed by atoms with E-state index in [1.807, 2.05) is 12.1 Å². The molecule has 3 heteroatoms. The van der Waals surface area contributed by atoms with Gasteiger partial charge in [-0.1, -0.05) is 43.1 Å². The summed E-state index contributed by atoms with van der Waals surface area (Å²) in [5.74, 6) is 0.742. The first kappa shape index (κ1) is 12.8. The Balaban J connectivity index is 2.75. The highest BCUT2D eigenvalue weighted by atomic mass is 35.5. The Morgan fingerprint density at radius 2 is 1.87 bits per heavy atom. The van der Waals surface area contributed by atoms with Crippen LogP contribution in [0.15, 0.2) is 18.2 Å². The molecular weight excluding hydrogens is 231 g/mol. The van der Waals surface area contributed by atoms with E-state index in [1.165, 1.54) is 0 Å². The van der Waals surface area contributed by atoms with Crippen LogP contribution in [0.5, 0.6) is 0 Å². The first-order chi connectivity index (χ1) is 7.04. The van der Waals surface area contributed by atoms with Crippen LogP contribution in [-0.2, 0) is 6.42 Å². The molecule has 1 unspecified atom stereocenters. The molecule has 0 amide bonds. The summed E-state index contributed by atoms with van der Waals surface area (Å²) in [6, 6.07) is 5.63. The van der Waals surface area contributed by atoms with Crippen molar-refractivity contribution in [3.05, 3.63) is 33.8 Å². The van der Waals surface area contributed by atoms with Crippen LogP contribution in [0.4, 0.5) is 0 Å². The Morgan fingerprint density at radius 3 is 2.33 bits per heavy atom. The van der Waals surface area contributed by atoms with E-state index in [0.717, 1.165) is 12.0 Å². The molecule has 0 bridgehead atoms. The third-order valence-electron chi connectivity index (χ3n) is 2.66. The lowest BCUT2D eigenvalue weighted by atomic mass is 9.90. The zero-order valence-electron chi connectivity index (χ0n) is 9.00. The number of hydrogen-bond acceptors (Lipinski definition) is 1. The molecule has 84 valence electrons. The molecule has 15 heavy (non-hydrogen) atoms. The predicted octanol–water partition coefficient (Wildman–Crippen LogP) is 3.80.